The van der Waals surface area contributed by atoms with Gasteiger partial charge in [-0.25, -0.2) is 13.4 Å². The van der Waals surface area contributed by atoms with Crippen LogP contribution in [-0.2, 0) is 19.5 Å². The van der Waals surface area contributed by atoms with Crippen molar-refractivity contribution in [2.24, 2.45) is 5.41 Å². The molecule has 1 aromatic heterocycles. The highest BCUT2D eigenvalue weighted by Gasteiger charge is 2.44. The number of imidazole rings is 1. The van der Waals surface area contributed by atoms with Gasteiger partial charge in [-0.1, -0.05) is 18.2 Å². The number of unbranched alkanes of at least 4 members (excludes halogenated alkanes) is 1. The third-order valence-corrected chi connectivity index (χ3v) is 6.97. The van der Waals surface area contributed by atoms with Gasteiger partial charge in [-0.15, -0.1) is 0 Å². The fourth-order valence-electron chi connectivity index (χ4n) is 3.22. The number of rotatable bonds is 11. The Hall–Kier alpha value is -2.85. The summed E-state index contributed by atoms with van der Waals surface area (Å²) >= 11 is 0. The van der Waals surface area contributed by atoms with E-state index in [0.717, 1.165) is 19.4 Å². The summed E-state index contributed by atoms with van der Waals surface area (Å²) in [5.74, 6) is -1.08. The van der Waals surface area contributed by atoms with Gasteiger partial charge in [0.1, 0.15) is 11.5 Å². The molecule has 30 heavy (non-hydrogen) atoms. The first kappa shape index (κ1) is 21.8. The molecular formula is C20H26N4O5S. The second-order valence-electron chi connectivity index (χ2n) is 7.41. The Kier molecular flexibility index (Phi) is 6.78. The van der Waals surface area contributed by atoms with Crippen LogP contribution in [0.4, 0.5) is 5.95 Å². The quantitative estimate of drug-likeness (QED) is 0.396. The molecule has 0 amide bonds. The van der Waals surface area contributed by atoms with Gasteiger partial charge in [-0.05, 0) is 44.4 Å². The average Bonchev–Trinajstić information content (AvgIpc) is 3.40. The molecule has 1 aliphatic rings. The molecule has 0 spiro atoms. The first-order valence-electron chi connectivity index (χ1n) is 9.70. The van der Waals surface area contributed by atoms with E-state index in [9.17, 15) is 18.3 Å². The van der Waals surface area contributed by atoms with Gasteiger partial charge in [0.05, 0.1) is 16.3 Å². The third-order valence-electron chi connectivity index (χ3n) is 5.03. The van der Waals surface area contributed by atoms with Crippen LogP contribution in [0.2, 0.25) is 0 Å². The predicted molar refractivity (Wildman–Crippen MR) is 111 cm³/mol. The maximum atomic E-state index is 12.8. The molecule has 0 radical (unpaired) electrons. The van der Waals surface area contributed by atoms with E-state index in [2.05, 4.69) is 20.8 Å². The summed E-state index contributed by atoms with van der Waals surface area (Å²) in [6.07, 6.45) is 7.17. The van der Waals surface area contributed by atoms with Crippen molar-refractivity contribution in [3.8, 4) is 0 Å². The number of sulfone groups is 1. The van der Waals surface area contributed by atoms with Crippen molar-refractivity contribution >= 4 is 21.8 Å². The highest BCUT2D eigenvalue weighted by molar-refractivity contribution is 7.91. The van der Waals surface area contributed by atoms with Gasteiger partial charge in [-0.2, -0.15) is 0 Å². The van der Waals surface area contributed by atoms with Crippen LogP contribution in [0, 0.1) is 5.41 Å². The number of nitrogens with one attached hydrogen (secondary N) is 3. The molecule has 162 valence electrons. The lowest BCUT2D eigenvalue weighted by molar-refractivity contribution is -0.145. The van der Waals surface area contributed by atoms with Gasteiger partial charge in [0.15, 0.2) is 15.8 Å². The summed E-state index contributed by atoms with van der Waals surface area (Å²) < 4.78 is 25.5. The van der Waals surface area contributed by atoms with Gasteiger partial charge < -0.3 is 15.4 Å². The third kappa shape index (κ3) is 5.19. The molecule has 1 aliphatic heterocycles. The maximum Gasteiger partial charge on any atom is 0.316 e. The van der Waals surface area contributed by atoms with Crippen molar-refractivity contribution in [1.29, 1.82) is 0 Å². The summed E-state index contributed by atoms with van der Waals surface area (Å²) in [6, 6.07) is 7.85. The van der Waals surface area contributed by atoms with Crippen LogP contribution in [0.25, 0.3) is 0 Å². The first-order chi connectivity index (χ1) is 14.3. The number of benzene rings is 1. The van der Waals surface area contributed by atoms with Gasteiger partial charge in [0.25, 0.3) is 0 Å². The molecule has 4 N–H and O–H groups in total. The minimum Gasteiger partial charge on any atom is -0.481 e. The summed E-state index contributed by atoms with van der Waals surface area (Å²) in [5, 5.41) is 13.0. The Bertz CT molecular complexity index is 976. The van der Waals surface area contributed by atoms with Gasteiger partial charge >= 0.3 is 5.97 Å². The van der Waals surface area contributed by atoms with E-state index < -0.39 is 27.0 Å². The van der Waals surface area contributed by atoms with Crippen molar-refractivity contribution in [1.82, 2.24) is 15.4 Å². The zero-order valence-electron chi connectivity index (χ0n) is 16.7. The van der Waals surface area contributed by atoms with Crippen molar-refractivity contribution in [2.75, 3.05) is 17.6 Å². The van der Waals surface area contributed by atoms with Gasteiger partial charge in [0, 0.05) is 18.9 Å². The number of carbonyl (C=O) groups is 1. The van der Waals surface area contributed by atoms with Crippen LogP contribution >= 0.6 is 0 Å². The molecule has 2 aromatic rings. The number of aromatic nitrogens is 2. The molecule has 0 bridgehead atoms. The van der Waals surface area contributed by atoms with Gasteiger partial charge in [-0.3, -0.25) is 15.1 Å². The molecule has 10 heteroatoms. The predicted octanol–water partition coefficient (Wildman–Crippen LogP) is 2.34. The van der Waals surface area contributed by atoms with E-state index in [-0.39, 0.29) is 16.7 Å². The lowest BCUT2D eigenvalue weighted by Gasteiger charge is -2.25. The fraction of sp³-hybridized carbons (Fsp3) is 0.400. The standard InChI is InChI=1S/C20H26N4O5S/c1-20(18(25)26,14-30(27,28)16-8-3-2-4-9-16)17-13-15(29-24-17)7-5-6-10-21-19-22-11-12-23-19/h2-4,8-9,11-13,15,24H,5-7,10,14H2,1H3,(H,25,26)(H2,21,22,23). The molecule has 0 saturated carbocycles. The number of aliphatic carboxylic acids is 1. The van der Waals surface area contributed by atoms with E-state index >= 15 is 0 Å². The van der Waals surface area contributed by atoms with Crippen LogP contribution in [0.1, 0.15) is 26.2 Å². The number of anilines is 1. The molecule has 9 nitrogen and oxygen atoms in total. The summed E-state index contributed by atoms with van der Waals surface area (Å²) in [5.41, 5.74) is 1.26. The SMILES string of the molecule is CC(CS(=O)(=O)c1ccccc1)(C(=O)O)C1=CC(CCCCNc2ncc[nH]2)ON1. The van der Waals surface area contributed by atoms with E-state index in [1.165, 1.54) is 19.1 Å². The number of hydroxylamine groups is 1. The number of hydrogen-bond acceptors (Lipinski definition) is 7. The molecule has 2 unspecified atom stereocenters. The molecule has 0 aliphatic carbocycles. The van der Waals surface area contributed by atoms with Crippen LogP contribution < -0.4 is 10.8 Å². The molecule has 3 rings (SSSR count). The van der Waals surface area contributed by atoms with Crippen LogP contribution in [0.5, 0.6) is 0 Å². The van der Waals surface area contributed by atoms with Gasteiger partial charge in [0.2, 0.25) is 0 Å². The largest absolute Gasteiger partial charge is 0.481 e. The molecule has 0 fully saturated rings. The van der Waals surface area contributed by atoms with Crippen LogP contribution in [0.3, 0.4) is 0 Å². The normalized spacial score (nSPS) is 18.3. The highest BCUT2D eigenvalue weighted by Crippen LogP contribution is 2.33. The maximum absolute atomic E-state index is 12.8. The lowest BCUT2D eigenvalue weighted by Crippen LogP contribution is -2.40. The molecule has 2 heterocycles. The lowest BCUT2D eigenvalue weighted by atomic mass is 9.88. The number of aromatic amines is 1. The van der Waals surface area contributed by atoms with Crippen molar-refractivity contribution in [2.45, 2.75) is 37.2 Å². The van der Waals surface area contributed by atoms with E-state index in [4.69, 9.17) is 4.84 Å². The fourth-order valence-corrected chi connectivity index (χ4v) is 4.99. The number of hydrogen-bond donors (Lipinski definition) is 4. The average molecular weight is 435 g/mol. The summed E-state index contributed by atoms with van der Waals surface area (Å²) in [4.78, 5) is 24.6. The minimum absolute atomic E-state index is 0.0950. The Balaban J connectivity index is 1.59. The van der Waals surface area contributed by atoms with Crippen molar-refractivity contribution < 1.29 is 23.2 Å². The number of carboxylic acid groups (broad SMARTS) is 1. The first-order valence-corrected chi connectivity index (χ1v) is 11.3. The van der Waals surface area contributed by atoms with E-state index in [0.29, 0.717) is 12.4 Å². The molecule has 1 aromatic carbocycles. The monoisotopic (exact) mass is 434 g/mol. The topological polar surface area (TPSA) is 133 Å². The Morgan fingerprint density at radius 1 is 1.30 bits per heavy atom. The Morgan fingerprint density at radius 3 is 2.73 bits per heavy atom. The van der Waals surface area contributed by atoms with Crippen LogP contribution in [-0.4, -0.2) is 47.9 Å². The molecule has 0 saturated heterocycles. The Morgan fingerprint density at radius 2 is 2.07 bits per heavy atom. The molecular weight excluding hydrogens is 408 g/mol. The second-order valence-corrected chi connectivity index (χ2v) is 9.40. The zero-order valence-corrected chi connectivity index (χ0v) is 17.5. The smallest absolute Gasteiger partial charge is 0.316 e. The summed E-state index contributed by atoms with van der Waals surface area (Å²) in [7, 11) is -3.80. The zero-order chi connectivity index (χ0) is 21.6. The van der Waals surface area contributed by atoms with Crippen LogP contribution in [0.15, 0.2) is 59.4 Å². The Labute approximate surface area is 175 Å². The minimum atomic E-state index is -3.80. The van der Waals surface area contributed by atoms with Crippen molar-refractivity contribution in [3.63, 3.8) is 0 Å². The second kappa shape index (κ2) is 9.31. The number of carboxylic acids is 1. The number of nitrogens with zero attached hydrogens (tertiary/aromatic N) is 1. The number of H-pyrrole nitrogens is 1. The highest BCUT2D eigenvalue weighted by atomic mass is 32.2. The van der Waals surface area contributed by atoms with E-state index in [1.807, 2.05) is 0 Å². The van der Waals surface area contributed by atoms with E-state index in [1.54, 1.807) is 36.7 Å². The van der Waals surface area contributed by atoms with Crippen molar-refractivity contribution in [3.05, 3.63) is 54.5 Å². The summed E-state index contributed by atoms with van der Waals surface area (Å²) in [6.45, 7) is 2.14. The molecule has 2 atom stereocenters.